The molecule has 1 atom stereocenters. The van der Waals surface area contributed by atoms with E-state index < -0.39 is 11.7 Å². The molecule has 1 aromatic rings. The van der Waals surface area contributed by atoms with Gasteiger partial charge in [0.15, 0.2) is 0 Å². The summed E-state index contributed by atoms with van der Waals surface area (Å²) >= 11 is 0. The molecule has 0 aliphatic carbocycles. The predicted molar refractivity (Wildman–Crippen MR) is 70.8 cm³/mol. The number of nitrogens with zero attached hydrogens (tertiary/aromatic N) is 1. The molecule has 0 spiro atoms. The van der Waals surface area contributed by atoms with Crippen molar-refractivity contribution in [2.24, 2.45) is 11.7 Å². The van der Waals surface area contributed by atoms with Crippen LogP contribution in [0.1, 0.15) is 24.5 Å². The van der Waals surface area contributed by atoms with Gasteiger partial charge in [0.1, 0.15) is 0 Å². The second-order valence-corrected chi connectivity index (χ2v) is 4.73. The van der Waals surface area contributed by atoms with E-state index >= 15 is 0 Å². The Morgan fingerprint density at radius 2 is 1.85 bits per heavy atom. The highest BCUT2D eigenvalue weighted by Crippen LogP contribution is 2.29. The molecule has 0 saturated carbocycles. The smallest absolute Gasteiger partial charge is 0.341 e. The van der Waals surface area contributed by atoms with Crippen LogP contribution in [0, 0.1) is 5.92 Å². The molecule has 0 heterocycles. The normalized spacial score (nSPS) is 13.1. The summed E-state index contributed by atoms with van der Waals surface area (Å²) in [6, 6.07) is 4.81. The lowest BCUT2D eigenvalue weighted by Gasteiger charge is -2.22. The van der Waals surface area contributed by atoms with Gasteiger partial charge < -0.3 is 10.6 Å². The fraction of sp³-hybridized carbons (Fsp3) is 0.500. The molecular weight excluding hydrogens is 269 g/mol. The molecule has 0 aromatic heterocycles. The highest BCUT2D eigenvalue weighted by Gasteiger charge is 2.30. The van der Waals surface area contributed by atoms with Crippen LogP contribution in [-0.2, 0) is 17.5 Å². The number of amides is 1. The summed E-state index contributed by atoms with van der Waals surface area (Å²) in [5, 5.41) is 0. The van der Waals surface area contributed by atoms with Crippen molar-refractivity contribution in [3.8, 4) is 0 Å². The van der Waals surface area contributed by atoms with Gasteiger partial charge in [-0.3, -0.25) is 4.79 Å². The van der Waals surface area contributed by atoms with Crippen LogP contribution in [-0.4, -0.2) is 24.4 Å². The minimum atomic E-state index is -4.34. The van der Waals surface area contributed by atoms with E-state index in [0.717, 1.165) is 12.1 Å². The van der Waals surface area contributed by atoms with Crippen molar-refractivity contribution in [3.05, 3.63) is 35.4 Å². The van der Waals surface area contributed by atoms with Crippen molar-refractivity contribution in [1.29, 1.82) is 0 Å². The van der Waals surface area contributed by atoms with Crippen molar-refractivity contribution in [2.75, 3.05) is 13.6 Å². The number of alkyl halides is 3. The van der Waals surface area contributed by atoms with E-state index in [-0.39, 0.29) is 24.9 Å². The lowest BCUT2D eigenvalue weighted by atomic mass is 10.0. The van der Waals surface area contributed by atoms with Crippen molar-refractivity contribution < 1.29 is 18.0 Å². The summed E-state index contributed by atoms with van der Waals surface area (Å²) in [6.07, 6.45) is -3.69. The number of hydrogen-bond donors (Lipinski definition) is 1. The predicted octanol–water partition coefficient (Wildman–Crippen LogP) is 2.65. The zero-order valence-corrected chi connectivity index (χ0v) is 11.6. The average Bonchev–Trinajstić information content (AvgIpc) is 2.39. The molecule has 1 rings (SSSR count). The van der Waals surface area contributed by atoms with Gasteiger partial charge >= 0.3 is 6.18 Å². The van der Waals surface area contributed by atoms with Crippen LogP contribution in [0.5, 0.6) is 0 Å². The van der Waals surface area contributed by atoms with Crippen molar-refractivity contribution in [1.82, 2.24) is 4.90 Å². The summed E-state index contributed by atoms with van der Waals surface area (Å²) in [5.41, 5.74) is 5.47. The fourth-order valence-electron chi connectivity index (χ4n) is 1.90. The summed E-state index contributed by atoms with van der Waals surface area (Å²) in [6.45, 7) is 2.42. The Morgan fingerprint density at radius 1 is 1.30 bits per heavy atom. The van der Waals surface area contributed by atoms with Crippen molar-refractivity contribution >= 4 is 5.91 Å². The zero-order chi connectivity index (χ0) is 15.3. The van der Waals surface area contributed by atoms with Gasteiger partial charge in [-0.05, 0) is 24.1 Å². The number of hydrogen-bond acceptors (Lipinski definition) is 2. The third-order valence-electron chi connectivity index (χ3n) is 3.20. The van der Waals surface area contributed by atoms with Gasteiger partial charge in [-0.1, -0.05) is 19.1 Å². The third-order valence-corrected chi connectivity index (χ3v) is 3.20. The molecule has 0 aliphatic rings. The van der Waals surface area contributed by atoms with E-state index in [1.54, 1.807) is 7.05 Å². The minimum Gasteiger partial charge on any atom is -0.341 e. The molecular formula is C14H19F3N2O. The van der Waals surface area contributed by atoms with Gasteiger partial charge in [0.25, 0.3) is 0 Å². The van der Waals surface area contributed by atoms with Crippen molar-refractivity contribution in [2.45, 2.75) is 26.1 Å². The lowest BCUT2D eigenvalue weighted by Crippen LogP contribution is -2.35. The highest BCUT2D eigenvalue weighted by atomic mass is 19.4. The maximum absolute atomic E-state index is 12.4. The number of carbonyl (C=O) groups is 1. The molecule has 1 amide bonds. The van der Waals surface area contributed by atoms with Crippen LogP contribution < -0.4 is 5.73 Å². The van der Waals surface area contributed by atoms with Gasteiger partial charge in [-0.15, -0.1) is 0 Å². The SMILES string of the molecule is CCC(CN)C(=O)N(C)Cc1ccc(C(F)(F)F)cc1. The molecule has 1 aromatic carbocycles. The Hall–Kier alpha value is -1.56. The molecule has 0 fully saturated rings. The number of benzene rings is 1. The van der Waals surface area contributed by atoms with Gasteiger partial charge in [0.05, 0.1) is 11.5 Å². The maximum Gasteiger partial charge on any atom is 0.416 e. The quantitative estimate of drug-likeness (QED) is 0.905. The van der Waals surface area contributed by atoms with E-state index in [0.29, 0.717) is 12.0 Å². The van der Waals surface area contributed by atoms with Crippen LogP contribution in [0.15, 0.2) is 24.3 Å². The number of nitrogens with two attached hydrogens (primary N) is 1. The Kier molecular flexibility index (Phi) is 5.56. The second kappa shape index (κ2) is 6.74. The summed E-state index contributed by atoms with van der Waals surface area (Å²) in [5.74, 6) is -0.329. The van der Waals surface area contributed by atoms with Crippen LogP contribution in [0.25, 0.3) is 0 Å². The minimum absolute atomic E-state index is 0.0881. The second-order valence-electron chi connectivity index (χ2n) is 4.73. The molecule has 112 valence electrons. The zero-order valence-electron chi connectivity index (χ0n) is 11.6. The monoisotopic (exact) mass is 288 g/mol. The molecule has 0 aliphatic heterocycles. The summed E-state index contributed by atoms with van der Waals surface area (Å²) in [4.78, 5) is 13.5. The van der Waals surface area contributed by atoms with Crippen LogP contribution in [0.4, 0.5) is 13.2 Å². The Balaban J connectivity index is 2.71. The Labute approximate surface area is 116 Å². The first-order valence-electron chi connectivity index (χ1n) is 6.40. The topological polar surface area (TPSA) is 46.3 Å². The Morgan fingerprint density at radius 3 is 2.25 bits per heavy atom. The fourth-order valence-corrected chi connectivity index (χ4v) is 1.90. The van der Waals surface area contributed by atoms with Gasteiger partial charge in [-0.25, -0.2) is 0 Å². The van der Waals surface area contributed by atoms with E-state index in [9.17, 15) is 18.0 Å². The molecule has 20 heavy (non-hydrogen) atoms. The molecule has 2 N–H and O–H groups in total. The first kappa shape index (κ1) is 16.5. The number of carbonyl (C=O) groups excluding carboxylic acids is 1. The Bertz CT molecular complexity index is 439. The largest absolute Gasteiger partial charge is 0.416 e. The molecule has 0 radical (unpaired) electrons. The molecule has 3 nitrogen and oxygen atoms in total. The standard InChI is InChI=1S/C14H19F3N2O/c1-3-11(8-18)13(20)19(2)9-10-4-6-12(7-5-10)14(15,16)17/h4-7,11H,3,8-9,18H2,1-2H3. The summed E-state index contributed by atoms with van der Waals surface area (Å²) in [7, 11) is 1.62. The molecule has 0 bridgehead atoms. The third kappa shape index (κ3) is 4.23. The van der Waals surface area contributed by atoms with E-state index in [2.05, 4.69) is 0 Å². The van der Waals surface area contributed by atoms with Crippen LogP contribution in [0.2, 0.25) is 0 Å². The summed E-state index contributed by atoms with van der Waals surface area (Å²) < 4.78 is 37.3. The molecule has 6 heteroatoms. The van der Waals surface area contributed by atoms with Crippen LogP contribution >= 0.6 is 0 Å². The number of rotatable bonds is 5. The average molecular weight is 288 g/mol. The maximum atomic E-state index is 12.4. The van der Waals surface area contributed by atoms with Crippen LogP contribution in [0.3, 0.4) is 0 Å². The van der Waals surface area contributed by atoms with E-state index in [1.165, 1.54) is 17.0 Å². The van der Waals surface area contributed by atoms with E-state index in [1.807, 2.05) is 6.92 Å². The lowest BCUT2D eigenvalue weighted by molar-refractivity contribution is -0.138. The highest BCUT2D eigenvalue weighted by molar-refractivity contribution is 5.78. The molecule has 0 saturated heterocycles. The van der Waals surface area contributed by atoms with E-state index in [4.69, 9.17) is 5.73 Å². The van der Waals surface area contributed by atoms with Crippen molar-refractivity contribution in [3.63, 3.8) is 0 Å². The number of halogens is 3. The van der Waals surface area contributed by atoms with Gasteiger partial charge in [0, 0.05) is 20.1 Å². The molecule has 1 unspecified atom stereocenters. The van der Waals surface area contributed by atoms with Gasteiger partial charge in [-0.2, -0.15) is 13.2 Å². The first-order chi connectivity index (χ1) is 9.29. The van der Waals surface area contributed by atoms with Gasteiger partial charge in [0.2, 0.25) is 5.91 Å². The first-order valence-corrected chi connectivity index (χ1v) is 6.40.